The number of hydrogen-bond donors (Lipinski definition) is 2. The van der Waals surface area contributed by atoms with Gasteiger partial charge in [-0.3, -0.25) is 24.7 Å². The topological polar surface area (TPSA) is 102 Å². The molecule has 3 aliphatic rings. The average Bonchev–Trinajstić information content (AvgIpc) is 3.34. The molecule has 1 aromatic heterocycles. The normalized spacial score (nSPS) is 27.4. The lowest BCUT2D eigenvalue weighted by atomic mass is 9.77. The number of thiophene rings is 1. The fourth-order valence-electron chi connectivity index (χ4n) is 4.34. The van der Waals surface area contributed by atoms with E-state index in [0.717, 1.165) is 17.9 Å². The molecule has 30 heavy (non-hydrogen) atoms. The van der Waals surface area contributed by atoms with Gasteiger partial charge in [-0.25, -0.2) is 4.79 Å². The minimum atomic E-state index is -0.870. The molecule has 3 fully saturated rings. The summed E-state index contributed by atoms with van der Waals surface area (Å²) in [6, 6.07) is 3.10. The number of carbonyl (C=O) groups excluding carboxylic acids is 4. The zero-order chi connectivity index (χ0) is 21.3. The molecule has 3 heterocycles. The Kier molecular flexibility index (Phi) is 5.79. The third kappa shape index (κ3) is 4.06. The third-order valence-corrected chi connectivity index (χ3v) is 7.14. The van der Waals surface area contributed by atoms with E-state index in [2.05, 4.69) is 17.7 Å². The molecule has 0 radical (unpaired) electrons. The van der Waals surface area contributed by atoms with Crippen LogP contribution >= 0.6 is 11.3 Å². The lowest BCUT2D eigenvalue weighted by Crippen LogP contribution is -2.55. The third-order valence-electron chi connectivity index (χ3n) is 6.28. The van der Waals surface area contributed by atoms with Crippen molar-refractivity contribution >= 4 is 35.1 Å². The Morgan fingerprint density at radius 3 is 2.53 bits per heavy atom. The Bertz CT molecular complexity index is 826. The van der Waals surface area contributed by atoms with Crippen molar-refractivity contribution in [2.75, 3.05) is 32.7 Å². The Labute approximate surface area is 179 Å². The van der Waals surface area contributed by atoms with E-state index in [0.29, 0.717) is 49.8 Å². The average molecular weight is 434 g/mol. The van der Waals surface area contributed by atoms with Crippen LogP contribution in [0.25, 0.3) is 0 Å². The zero-order valence-corrected chi connectivity index (χ0v) is 17.9. The second kappa shape index (κ2) is 8.35. The molecule has 1 saturated carbocycles. The van der Waals surface area contributed by atoms with Crippen molar-refractivity contribution in [2.45, 2.75) is 38.1 Å². The Morgan fingerprint density at radius 2 is 1.90 bits per heavy atom. The molecule has 1 aliphatic carbocycles. The van der Waals surface area contributed by atoms with E-state index in [4.69, 9.17) is 0 Å². The second-order valence-electron chi connectivity index (χ2n) is 8.42. The number of nitrogens with one attached hydrogen (secondary N) is 2. The van der Waals surface area contributed by atoms with Gasteiger partial charge in [-0.15, -0.1) is 11.3 Å². The number of imide groups is 1. The number of urea groups is 1. The van der Waals surface area contributed by atoms with Gasteiger partial charge in [-0.05, 0) is 43.0 Å². The van der Waals surface area contributed by atoms with Gasteiger partial charge in [-0.1, -0.05) is 13.0 Å². The van der Waals surface area contributed by atoms with E-state index < -0.39 is 17.5 Å². The van der Waals surface area contributed by atoms with Crippen molar-refractivity contribution in [1.29, 1.82) is 0 Å². The van der Waals surface area contributed by atoms with Crippen molar-refractivity contribution in [3.05, 3.63) is 22.4 Å². The van der Waals surface area contributed by atoms with Gasteiger partial charge < -0.3 is 10.2 Å². The molecule has 10 heteroatoms. The van der Waals surface area contributed by atoms with Crippen LogP contribution in [0, 0.1) is 5.92 Å². The minimum Gasteiger partial charge on any atom is -0.335 e. The maximum Gasteiger partial charge on any atom is 0.344 e. The summed E-state index contributed by atoms with van der Waals surface area (Å²) in [4.78, 5) is 54.5. The lowest BCUT2D eigenvalue weighted by molar-refractivity contribution is -0.140. The van der Waals surface area contributed by atoms with Gasteiger partial charge >= 0.3 is 6.03 Å². The van der Waals surface area contributed by atoms with E-state index in [1.165, 1.54) is 11.3 Å². The van der Waals surface area contributed by atoms with E-state index in [9.17, 15) is 19.2 Å². The first-order valence-corrected chi connectivity index (χ1v) is 11.3. The highest BCUT2D eigenvalue weighted by Crippen LogP contribution is 2.35. The number of rotatable bonds is 4. The molecule has 4 rings (SSSR count). The molecular formula is C20H27N5O4S. The van der Waals surface area contributed by atoms with Crippen molar-refractivity contribution in [2.24, 2.45) is 5.92 Å². The number of nitrogens with zero attached hydrogens (tertiary/aromatic N) is 3. The summed E-state index contributed by atoms with van der Waals surface area (Å²) in [5.41, 5.74) is 1.61. The van der Waals surface area contributed by atoms with Gasteiger partial charge in [0.2, 0.25) is 0 Å². The zero-order valence-electron chi connectivity index (χ0n) is 17.1. The first-order valence-electron chi connectivity index (χ1n) is 10.4. The van der Waals surface area contributed by atoms with Crippen LogP contribution in [0.4, 0.5) is 4.79 Å². The van der Waals surface area contributed by atoms with E-state index >= 15 is 0 Å². The quantitative estimate of drug-likeness (QED) is 0.691. The SMILES string of the molecule is CC1CCC2(CC1)NC(=O)N(NC(=O)CN1CCN(C(=O)c3cccs3)CC1)C2=O. The number of hydrogen-bond acceptors (Lipinski definition) is 6. The summed E-state index contributed by atoms with van der Waals surface area (Å²) < 4.78 is 0. The van der Waals surface area contributed by atoms with E-state index in [1.54, 1.807) is 4.90 Å². The summed E-state index contributed by atoms with van der Waals surface area (Å²) in [6.07, 6.45) is 2.96. The number of amides is 5. The summed E-state index contributed by atoms with van der Waals surface area (Å²) in [7, 11) is 0. The molecule has 2 N–H and O–H groups in total. The minimum absolute atomic E-state index is 0.0144. The maximum absolute atomic E-state index is 12.8. The molecule has 0 bridgehead atoms. The smallest absolute Gasteiger partial charge is 0.335 e. The summed E-state index contributed by atoms with van der Waals surface area (Å²) in [5.74, 6) is -0.216. The summed E-state index contributed by atoms with van der Waals surface area (Å²) in [6.45, 7) is 4.41. The van der Waals surface area contributed by atoms with Crippen LogP contribution in [0.2, 0.25) is 0 Å². The Hall–Kier alpha value is -2.46. The lowest BCUT2D eigenvalue weighted by Gasteiger charge is -2.34. The van der Waals surface area contributed by atoms with Crippen LogP contribution in [0.15, 0.2) is 17.5 Å². The molecule has 1 aromatic rings. The monoisotopic (exact) mass is 433 g/mol. The molecule has 0 unspecified atom stereocenters. The van der Waals surface area contributed by atoms with Crippen LogP contribution < -0.4 is 10.7 Å². The predicted octanol–water partition coefficient (Wildman–Crippen LogP) is 1.04. The largest absolute Gasteiger partial charge is 0.344 e. The van der Waals surface area contributed by atoms with Gasteiger partial charge in [0, 0.05) is 26.2 Å². The molecule has 5 amide bonds. The Balaban J connectivity index is 1.27. The molecule has 1 spiro atoms. The fraction of sp³-hybridized carbons (Fsp3) is 0.600. The highest BCUT2D eigenvalue weighted by molar-refractivity contribution is 7.12. The van der Waals surface area contributed by atoms with E-state index in [-0.39, 0.29) is 18.4 Å². The molecular weight excluding hydrogens is 406 g/mol. The highest BCUT2D eigenvalue weighted by atomic mass is 32.1. The van der Waals surface area contributed by atoms with E-state index in [1.807, 2.05) is 22.4 Å². The van der Waals surface area contributed by atoms with Crippen molar-refractivity contribution < 1.29 is 19.2 Å². The Morgan fingerprint density at radius 1 is 1.20 bits per heavy atom. The van der Waals surface area contributed by atoms with Gasteiger partial charge in [0.15, 0.2) is 0 Å². The van der Waals surface area contributed by atoms with Crippen LogP contribution in [-0.4, -0.2) is 76.8 Å². The van der Waals surface area contributed by atoms with Crippen LogP contribution in [0.5, 0.6) is 0 Å². The molecule has 0 aromatic carbocycles. The molecule has 2 saturated heterocycles. The maximum atomic E-state index is 12.8. The van der Waals surface area contributed by atoms with Gasteiger partial charge in [0.05, 0.1) is 11.4 Å². The van der Waals surface area contributed by atoms with Crippen LogP contribution in [0.3, 0.4) is 0 Å². The summed E-state index contributed by atoms with van der Waals surface area (Å²) in [5, 5.41) is 5.51. The van der Waals surface area contributed by atoms with Gasteiger partial charge in [0.25, 0.3) is 17.7 Å². The number of hydrazine groups is 1. The number of carbonyl (C=O) groups is 4. The number of piperazine rings is 1. The molecule has 0 atom stereocenters. The molecule has 162 valence electrons. The van der Waals surface area contributed by atoms with Crippen LogP contribution in [-0.2, 0) is 9.59 Å². The van der Waals surface area contributed by atoms with Crippen molar-refractivity contribution in [3.63, 3.8) is 0 Å². The van der Waals surface area contributed by atoms with Crippen molar-refractivity contribution in [1.82, 2.24) is 25.6 Å². The van der Waals surface area contributed by atoms with Gasteiger partial charge in [0.1, 0.15) is 5.54 Å². The second-order valence-corrected chi connectivity index (χ2v) is 9.36. The first kappa shape index (κ1) is 20.8. The van der Waals surface area contributed by atoms with Gasteiger partial charge in [-0.2, -0.15) is 5.01 Å². The van der Waals surface area contributed by atoms with Crippen LogP contribution in [0.1, 0.15) is 42.3 Å². The predicted molar refractivity (Wildman–Crippen MR) is 111 cm³/mol. The molecule has 2 aliphatic heterocycles. The fourth-order valence-corrected chi connectivity index (χ4v) is 5.03. The first-order chi connectivity index (χ1) is 14.4. The summed E-state index contributed by atoms with van der Waals surface area (Å²) >= 11 is 1.42. The highest BCUT2D eigenvalue weighted by Gasteiger charge is 2.52. The molecule has 9 nitrogen and oxygen atoms in total. The standard InChI is InChI=1S/C20H27N5O4S/c1-14-4-6-20(7-5-14)18(28)25(19(29)21-20)22-16(26)13-23-8-10-24(11-9-23)17(27)15-3-2-12-30-15/h2-3,12,14H,4-11,13H2,1H3,(H,21,29)(H,22,26). The van der Waals surface area contributed by atoms with Crippen molar-refractivity contribution in [3.8, 4) is 0 Å².